The van der Waals surface area contributed by atoms with Crippen molar-refractivity contribution in [1.82, 2.24) is 0 Å². The van der Waals surface area contributed by atoms with Crippen molar-refractivity contribution < 1.29 is 0 Å². The van der Waals surface area contributed by atoms with Crippen LogP contribution in [-0.4, -0.2) is 0 Å². The number of benzene rings is 11. The second kappa shape index (κ2) is 14.5. The number of fused-ring (bicyclic) bond motifs is 9. The molecule has 11 aromatic rings. The van der Waals surface area contributed by atoms with E-state index in [0.717, 1.165) is 29.9 Å². The van der Waals surface area contributed by atoms with Gasteiger partial charge in [0.25, 0.3) is 0 Å². The summed E-state index contributed by atoms with van der Waals surface area (Å²) in [6.45, 7) is 0. The minimum absolute atomic E-state index is 1.05. The molecule has 0 saturated carbocycles. The first-order valence-corrected chi connectivity index (χ1v) is 21.4. The lowest BCUT2D eigenvalue weighted by atomic mass is 9.80. The molecule has 1 nitrogen and oxygen atoms in total. The van der Waals surface area contributed by atoms with Gasteiger partial charge in [0, 0.05) is 17.1 Å². The Hall–Kier alpha value is -7.74. The third-order valence-electron chi connectivity index (χ3n) is 12.8. The quantitative estimate of drug-likeness (QED) is 0.152. The van der Waals surface area contributed by atoms with Crippen molar-refractivity contribution >= 4 is 77.0 Å². The average molecular weight is 776 g/mol. The van der Waals surface area contributed by atoms with Crippen LogP contribution in [0.2, 0.25) is 0 Å². The molecule has 0 atom stereocenters. The van der Waals surface area contributed by atoms with Gasteiger partial charge >= 0.3 is 0 Å². The Bertz CT molecular complexity index is 3490. The average Bonchev–Trinajstić information content (AvgIpc) is 3.33. The van der Waals surface area contributed by atoms with Crippen molar-refractivity contribution in [2.24, 2.45) is 0 Å². The van der Waals surface area contributed by atoms with Gasteiger partial charge in [-0.05, 0) is 166 Å². The monoisotopic (exact) mass is 775 g/mol. The summed E-state index contributed by atoms with van der Waals surface area (Å²) < 4.78 is 0. The first-order valence-electron chi connectivity index (χ1n) is 21.4. The highest BCUT2D eigenvalue weighted by Crippen LogP contribution is 2.51. The third kappa shape index (κ3) is 6.01. The fraction of sp³-hybridized carbons (Fsp3) is 0.0333. The molecular formula is C60H41N. The molecule has 1 aliphatic carbocycles. The van der Waals surface area contributed by atoms with Crippen molar-refractivity contribution in [3.8, 4) is 33.4 Å². The van der Waals surface area contributed by atoms with Crippen LogP contribution >= 0.6 is 0 Å². The van der Waals surface area contributed by atoms with Gasteiger partial charge in [0.1, 0.15) is 0 Å². The molecule has 0 radical (unpaired) electrons. The standard InChI is InChI=1S/C60H41N/c1-3-21-49(22-4-1)61(50-23-5-2-6-24-50)51-33-34-54-57(38-51)52-25-13-14-26-53(52)60-58(48-32-29-42-17-9-12-20-45(42)37-48)55(46-30-27-40-15-7-10-18-43(40)35-46)39-56(59(54)60)47-31-28-41-16-8-11-19-44(41)36-47/h1-10,12-18,20-39H,11,19H2. The zero-order valence-corrected chi connectivity index (χ0v) is 33.7. The van der Waals surface area contributed by atoms with E-state index in [1.807, 2.05) is 0 Å². The normalized spacial score (nSPS) is 12.4. The Kier molecular flexibility index (Phi) is 8.38. The van der Waals surface area contributed by atoms with Gasteiger partial charge in [-0.25, -0.2) is 0 Å². The van der Waals surface area contributed by atoms with E-state index in [9.17, 15) is 0 Å². The number of hydrogen-bond donors (Lipinski definition) is 0. The lowest BCUT2D eigenvalue weighted by molar-refractivity contribution is 0.986. The molecular weight excluding hydrogens is 735 g/mol. The SMILES string of the molecule is C1=Cc2ccc(-c3cc(-c4ccc5ccccc5c4)c(-c4ccc5ccccc5c4)c4c5ccccc5c5cc(N(c6ccccc6)c6ccccc6)ccc5c34)cc2CC1. The van der Waals surface area contributed by atoms with E-state index >= 15 is 0 Å². The first-order chi connectivity index (χ1) is 30.2. The van der Waals surface area contributed by atoms with E-state index in [-0.39, 0.29) is 0 Å². The Morgan fingerprint density at radius 3 is 1.64 bits per heavy atom. The van der Waals surface area contributed by atoms with Crippen LogP contribution in [0.1, 0.15) is 17.5 Å². The number of aryl methyl sites for hydroxylation is 1. The molecule has 0 N–H and O–H groups in total. The van der Waals surface area contributed by atoms with Crippen LogP contribution in [0.25, 0.3) is 93.3 Å². The summed E-state index contributed by atoms with van der Waals surface area (Å²) in [4.78, 5) is 2.37. The topological polar surface area (TPSA) is 3.24 Å². The fourth-order valence-electron chi connectivity index (χ4n) is 9.94. The van der Waals surface area contributed by atoms with Crippen LogP contribution in [-0.2, 0) is 6.42 Å². The molecule has 286 valence electrons. The molecule has 0 heterocycles. The molecule has 0 saturated heterocycles. The lowest BCUT2D eigenvalue weighted by Crippen LogP contribution is -2.09. The van der Waals surface area contributed by atoms with Crippen molar-refractivity contribution in [3.63, 3.8) is 0 Å². The van der Waals surface area contributed by atoms with E-state index < -0.39 is 0 Å². The Morgan fingerprint density at radius 2 is 0.918 bits per heavy atom. The second-order valence-electron chi connectivity index (χ2n) is 16.4. The number of hydrogen-bond acceptors (Lipinski definition) is 1. The zero-order valence-electron chi connectivity index (χ0n) is 33.7. The third-order valence-corrected chi connectivity index (χ3v) is 12.8. The summed E-state index contributed by atoms with van der Waals surface area (Å²) in [5.74, 6) is 0. The van der Waals surface area contributed by atoms with Gasteiger partial charge < -0.3 is 4.90 Å². The maximum absolute atomic E-state index is 2.51. The number of para-hydroxylation sites is 2. The molecule has 11 aromatic carbocycles. The molecule has 1 aliphatic rings. The highest BCUT2D eigenvalue weighted by atomic mass is 15.1. The van der Waals surface area contributed by atoms with Crippen LogP contribution in [0.3, 0.4) is 0 Å². The highest BCUT2D eigenvalue weighted by Gasteiger charge is 2.24. The van der Waals surface area contributed by atoms with E-state index in [1.165, 1.54) is 98.4 Å². The molecule has 0 spiro atoms. The van der Waals surface area contributed by atoms with Gasteiger partial charge in [0.2, 0.25) is 0 Å². The van der Waals surface area contributed by atoms with Gasteiger partial charge in [0.15, 0.2) is 0 Å². The van der Waals surface area contributed by atoms with Crippen LogP contribution < -0.4 is 4.90 Å². The maximum atomic E-state index is 2.51. The maximum Gasteiger partial charge on any atom is 0.0468 e. The molecule has 0 amide bonds. The Balaban J connectivity index is 1.25. The van der Waals surface area contributed by atoms with Crippen molar-refractivity contribution in [1.29, 1.82) is 0 Å². The lowest BCUT2D eigenvalue weighted by Gasteiger charge is -2.27. The predicted molar refractivity (Wildman–Crippen MR) is 262 cm³/mol. The molecule has 0 fully saturated rings. The predicted octanol–water partition coefficient (Wildman–Crippen LogP) is 16.9. The van der Waals surface area contributed by atoms with E-state index in [0.29, 0.717) is 0 Å². The minimum Gasteiger partial charge on any atom is -0.310 e. The summed E-state index contributed by atoms with van der Waals surface area (Å²) >= 11 is 0. The number of nitrogens with zero attached hydrogens (tertiary/aromatic N) is 1. The van der Waals surface area contributed by atoms with Gasteiger partial charge in [0.05, 0.1) is 0 Å². The van der Waals surface area contributed by atoms with Gasteiger partial charge in [-0.1, -0.05) is 170 Å². The van der Waals surface area contributed by atoms with Gasteiger partial charge in [-0.3, -0.25) is 0 Å². The van der Waals surface area contributed by atoms with Crippen molar-refractivity contribution in [3.05, 3.63) is 230 Å². The summed E-state index contributed by atoms with van der Waals surface area (Å²) in [6, 6.07) is 78.9. The van der Waals surface area contributed by atoms with Gasteiger partial charge in [-0.2, -0.15) is 0 Å². The Labute approximate surface area is 356 Å². The van der Waals surface area contributed by atoms with Crippen molar-refractivity contribution in [2.75, 3.05) is 4.90 Å². The summed E-state index contributed by atoms with van der Waals surface area (Å²) in [5.41, 5.74) is 13.5. The highest BCUT2D eigenvalue weighted by molar-refractivity contribution is 6.33. The zero-order chi connectivity index (χ0) is 40.3. The summed E-state index contributed by atoms with van der Waals surface area (Å²) in [5, 5.41) is 12.5. The summed E-state index contributed by atoms with van der Waals surface area (Å²) in [7, 11) is 0. The molecule has 12 rings (SSSR count). The largest absolute Gasteiger partial charge is 0.310 e. The number of allylic oxidation sites excluding steroid dienone is 1. The van der Waals surface area contributed by atoms with Crippen LogP contribution in [0.4, 0.5) is 17.1 Å². The smallest absolute Gasteiger partial charge is 0.0468 e. The molecule has 1 heteroatoms. The molecule has 61 heavy (non-hydrogen) atoms. The van der Waals surface area contributed by atoms with Crippen LogP contribution in [0.5, 0.6) is 0 Å². The van der Waals surface area contributed by atoms with Crippen LogP contribution in [0, 0.1) is 0 Å². The van der Waals surface area contributed by atoms with E-state index in [1.54, 1.807) is 0 Å². The Morgan fingerprint density at radius 1 is 0.344 bits per heavy atom. The number of rotatable bonds is 6. The molecule has 0 aliphatic heterocycles. The van der Waals surface area contributed by atoms with Crippen molar-refractivity contribution in [2.45, 2.75) is 12.8 Å². The molecule has 0 bridgehead atoms. The minimum atomic E-state index is 1.05. The summed E-state index contributed by atoms with van der Waals surface area (Å²) in [6.07, 6.45) is 6.71. The molecule has 0 aromatic heterocycles. The fourth-order valence-corrected chi connectivity index (χ4v) is 9.94. The first kappa shape index (κ1) is 35.2. The van der Waals surface area contributed by atoms with E-state index in [2.05, 4.69) is 229 Å². The number of anilines is 3. The van der Waals surface area contributed by atoms with E-state index in [4.69, 9.17) is 0 Å². The van der Waals surface area contributed by atoms with Crippen LogP contribution in [0.15, 0.2) is 218 Å². The van der Waals surface area contributed by atoms with Gasteiger partial charge in [-0.15, -0.1) is 0 Å². The second-order valence-corrected chi connectivity index (χ2v) is 16.4. The molecule has 0 unspecified atom stereocenters.